The van der Waals surface area contributed by atoms with E-state index in [2.05, 4.69) is 4.98 Å². The smallest absolute Gasteiger partial charge is 0.267 e. The molecule has 1 aromatic heterocycles. The normalized spacial score (nSPS) is 18.4. The van der Waals surface area contributed by atoms with E-state index in [0.29, 0.717) is 25.4 Å². The monoisotopic (exact) mass is 361 g/mol. The molecule has 7 heteroatoms. The molecule has 0 saturated carbocycles. The summed E-state index contributed by atoms with van der Waals surface area (Å²) in [5.74, 6) is -1.02. The molecule has 130 valence electrons. The third-order valence-electron chi connectivity index (χ3n) is 5.05. The Balaban J connectivity index is 1.84. The summed E-state index contributed by atoms with van der Waals surface area (Å²) in [5, 5.41) is 0.0890. The SMILES string of the molecule is NC(=O)c1ccc2c(n1)C1(CCOCC1)CN2c1ccc(Cl)c(F)c1. The van der Waals surface area contributed by atoms with Crippen molar-refractivity contribution in [2.75, 3.05) is 24.7 Å². The highest BCUT2D eigenvalue weighted by atomic mass is 35.5. The van der Waals surface area contributed by atoms with E-state index in [1.807, 2.05) is 11.0 Å². The zero-order valence-corrected chi connectivity index (χ0v) is 14.2. The lowest BCUT2D eigenvalue weighted by Gasteiger charge is -2.33. The van der Waals surface area contributed by atoms with Crippen LogP contribution in [0.15, 0.2) is 30.3 Å². The molecule has 1 spiro atoms. The van der Waals surface area contributed by atoms with E-state index in [1.165, 1.54) is 6.07 Å². The number of nitrogens with two attached hydrogens (primary N) is 1. The zero-order valence-electron chi connectivity index (χ0n) is 13.5. The number of primary amides is 1. The zero-order chi connectivity index (χ0) is 17.6. The molecule has 1 aromatic carbocycles. The van der Waals surface area contributed by atoms with Crippen LogP contribution in [-0.4, -0.2) is 30.6 Å². The fraction of sp³-hybridized carbons (Fsp3) is 0.333. The summed E-state index contributed by atoms with van der Waals surface area (Å²) in [7, 11) is 0. The van der Waals surface area contributed by atoms with E-state index in [9.17, 15) is 9.18 Å². The minimum Gasteiger partial charge on any atom is -0.381 e. The summed E-state index contributed by atoms with van der Waals surface area (Å²) < 4.78 is 19.5. The number of rotatable bonds is 2. The highest BCUT2D eigenvalue weighted by molar-refractivity contribution is 6.30. The second-order valence-corrected chi connectivity index (χ2v) is 6.91. The Hall–Kier alpha value is -2.18. The van der Waals surface area contributed by atoms with Crippen molar-refractivity contribution < 1.29 is 13.9 Å². The average molecular weight is 362 g/mol. The number of carbonyl (C=O) groups excluding carboxylic acids is 1. The quantitative estimate of drug-likeness (QED) is 0.892. The molecule has 1 amide bonds. The Bertz CT molecular complexity index is 852. The number of pyridine rings is 1. The van der Waals surface area contributed by atoms with Crippen molar-refractivity contribution in [3.8, 4) is 0 Å². The van der Waals surface area contributed by atoms with Crippen LogP contribution in [0.2, 0.25) is 5.02 Å². The van der Waals surface area contributed by atoms with Gasteiger partial charge in [0.15, 0.2) is 0 Å². The molecule has 2 N–H and O–H groups in total. The summed E-state index contributed by atoms with van der Waals surface area (Å²) in [6.07, 6.45) is 1.59. The van der Waals surface area contributed by atoms with Crippen LogP contribution in [0, 0.1) is 5.82 Å². The number of fused-ring (bicyclic) bond motifs is 2. The van der Waals surface area contributed by atoms with Crippen molar-refractivity contribution in [1.82, 2.24) is 4.98 Å². The predicted octanol–water partition coefficient (Wildman–Crippen LogP) is 3.17. The molecule has 2 aliphatic heterocycles. The van der Waals surface area contributed by atoms with Gasteiger partial charge in [-0.2, -0.15) is 0 Å². The first kappa shape index (κ1) is 16.3. The van der Waals surface area contributed by atoms with E-state index >= 15 is 0 Å². The molecule has 3 heterocycles. The van der Waals surface area contributed by atoms with Crippen LogP contribution in [-0.2, 0) is 10.2 Å². The Labute approximate surface area is 149 Å². The summed E-state index contributed by atoms with van der Waals surface area (Å²) >= 11 is 5.81. The number of benzene rings is 1. The summed E-state index contributed by atoms with van der Waals surface area (Å²) in [5.41, 5.74) is 7.83. The van der Waals surface area contributed by atoms with Crippen LogP contribution in [0.3, 0.4) is 0 Å². The number of carbonyl (C=O) groups is 1. The van der Waals surface area contributed by atoms with Gasteiger partial charge in [-0.3, -0.25) is 4.79 Å². The summed E-state index contributed by atoms with van der Waals surface area (Å²) in [6, 6.07) is 8.20. The molecule has 0 bridgehead atoms. The Morgan fingerprint density at radius 1 is 1.28 bits per heavy atom. The molecule has 1 saturated heterocycles. The summed E-state index contributed by atoms with van der Waals surface area (Å²) in [4.78, 5) is 18.1. The molecule has 5 nitrogen and oxygen atoms in total. The number of hydrogen-bond donors (Lipinski definition) is 1. The van der Waals surface area contributed by atoms with E-state index in [1.54, 1.807) is 18.2 Å². The average Bonchev–Trinajstić information content (AvgIpc) is 2.92. The van der Waals surface area contributed by atoms with Gasteiger partial charge in [0.25, 0.3) is 5.91 Å². The maximum absolute atomic E-state index is 14.0. The molecule has 2 aromatic rings. The Kier molecular flexibility index (Phi) is 3.89. The van der Waals surface area contributed by atoms with Gasteiger partial charge in [-0.05, 0) is 43.2 Å². The molecule has 25 heavy (non-hydrogen) atoms. The molecule has 1 fully saturated rings. The fourth-order valence-electron chi connectivity index (χ4n) is 3.70. The number of ether oxygens (including phenoxy) is 1. The van der Waals surface area contributed by atoms with E-state index < -0.39 is 11.7 Å². The number of halogens is 2. The van der Waals surface area contributed by atoms with Gasteiger partial charge < -0.3 is 15.4 Å². The van der Waals surface area contributed by atoms with E-state index in [4.69, 9.17) is 22.1 Å². The number of anilines is 2. The highest BCUT2D eigenvalue weighted by Crippen LogP contribution is 2.48. The van der Waals surface area contributed by atoms with Crippen LogP contribution in [0.5, 0.6) is 0 Å². The maximum atomic E-state index is 14.0. The minimum absolute atomic E-state index is 0.0890. The van der Waals surface area contributed by atoms with Gasteiger partial charge in [0.05, 0.1) is 16.4 Å². The maximum Gasteiger partial charge on any atom is 0.267 e. The number of hydrogen-bond acceptors (Lipinski definition) is 4. The third kappa shape index (κ3) is 2.65. The molecule has 0 aliphatic carbocycles. The first-order valence-electron chi connectivity index (χ1n) is 8.12. The van der Waals surface area contributed by atoms with Gasteiger partial charge in [-0.15, -0.1) is 0 Å². The standard InChI is InChI=1S/C18H17ClFN3O2/c19-12-2-1-11(9-13(12)20)23-10-18(5-7-25-8-6-18)16-15(23)4-3-14(22-16)17(21)24/h1-4,9H,5-8,10H2,(H2,21,24). The topological polar surface area (TPSA) is 68.5 Å². The largest absolute Gasteiger partial charge is 0.381 e. The van der Waals surface area contributed by atoms with Gasteiger partial charge >= 0.3 is 0 Å². The lowest BCUT2D eigenvalue weighted by atomic mass is 9.78. The van der Waals surface area contributed by atoms with Crippen molar-refractivity contribution in [3.63, 3.8) is 0 Å². The molecular formula is C18H17ClFN3O2. The van der Waals surface area contributed by atoms with Crippen molar-refractivity contribution in [1.29, 1.82) is 0 Å². The molecular weight excluding hydrogens is 345 g/mol. The minimum atomic E-state index is -0.555. The molecule has 0 atom stereocenters. The Morgan fingerprint density at radius 2 is 2.04 bits per heavy atom. The second-order valence-electron chi connectivity index (χ2n) is 6.51. The lowest BCUT2D eigenvalue weighted by Crippen LogP contribution is -2.38. The van der Waals surface area contributed by atoms with Gasteiger partial charge in [-0.25, -0.2) is 9.37 Å². The van der Waals surface area contributed by atoms with Gasteiger partial charge in [0.2, 0.25) is 0 Å². The Morgan fingerprint density at radius 3 is 2.72 bits per heavy atom. The second kappa shape index (κ2) is 5.97. The van der Waals surface area contributed by atoms with Gasteiger partial charge in [-0.1, -0.05) is 11.6 Å². The molecule has 4 rings (SSSR count). The van der Waals surface area contributed by atoms with Crippen molar-refractivity contribution in [2.45, 2.75) is 18.3 Å². The third-order valence-corrected chi connectivity index (χ3v) is 5.35. The summed E-state index contributed by atoms with van der Waals surface area (Å²) in [6.45, 7) is 1.91. The highest BCUT2D eigenvalue weighted by Gasteiger charge is 2.46. The van der Waals surface area contributed by atoms with Crippen LogP contribution in [0.4, 0.5) is 15.8 Å². The fourth-order valence-corrected chi connectivity index (χ4v) is 3.82. The van der Waals surface area contributed by atoms with E-state index in [0.717, 1.165) is 24.2 Å². The van der Waals surface area contributed by atoms with Crippen LogP contribution >= 0.6 is 11.6 Å². The lowest BCUT2D eigenvalue weighted by molar-refractivity contribution is 0.0545. The van der Waals surface area contributed by atoms with E-state index in [-0.39, 0.29) is 16.1 Å². The molecule has 0 radical (unpaired) electrons. The van der Waals surface area contributed by atoms with Crippen LogP contribution in [0.1, 0.15) is 29.0 Å². The van der Waals surface area contributed by atoms with Crippen molar-refractivity contribution >= 4 is 28.9 Å². The van der Waals surface area contributed by atoms with Gasteiger partial charge in [0.1, 0.15) is 11.5 Å². The number of aromatic nitrogens is 1. The van der Waals surface area contributed by atoms with Gasteiger partial charge in [0, 0.05) is 30.9 Å². The molecule has 2 aliphatic rings. The first-order valence-corrected chi connectivity index (χ1v) is 8.50. The first-order chi connectivity index (χ1) is 12.0. The number of nitrogens with zero attached hydrogens (tertiary/aromatic N) is 2. The van der Waals surface area contributed by atoms with Crippen molar-refractivity contribution in [3.05, 3.63) is 52.6 Å². The number of amides is 1. The van der Waals surface area contributed by atoms with Crippen LogP contribution < -0.4 is 10.6 Å². The van der Waals surface area contributed by atoms with Crippen molar-refractivity contribution in [2.24, 2.45) is 5.73 Å². The predicted molar refractivity (Wildman–Crippen MR) is 92.9 cm³/mol. The van der Waals surface area contributed by atoms with Crippen LogP contribution in [0.25, 0.3) is 0 Å². The molecule has 0 unspecified atom stereocenters.